The summed E-state index contributed by atoms with van der Waals surface area (Å²) in [4.78, 5) is 20.3. The number of pyridine rings is 1. The number of aromatic nitrogens is 4. The van der Waals surface area contributed by atoms with E-state index in [-0.39, 0.29) is 0 Å². The van der Waals surface area contributed by atoms with Gasteiger partial charge in [-0.15, -0.1) is 0 Å². The van der Waals surface area contributed by atoms with E-state index >= 15 is 0 Å². The molecule has 0 atom stereocenters. The minimum absolute atomic E-state index is 0.312. The fraction of sp³-hybridized carbons (Fsp3) is 0.0714. The topological polar surface area (TPSA) is 116 Å². The van der Waals surface area contributed by atoms with Gasteiger partial charge in [-0.1, -0.05) is 43.0 Å². The van der Waals surface area contributed by atoms with Crippen LogP contribution in [0.5, 0.6) is 11.6 Å². The Kier molecular flexibility index (Phi) is 7.17. The predicted octanol–water partition coefficient (Wildman–Crippen LogP) is 5.29. The van der Waals surface area contributed by atoms with E-state index in [9.17, 15) is 4.79 Å². The number of nitrogen functional groups attached to an aromatic ring is 1. The minimum Gasteiger partial charge on any atom is -0.438 e. The molecule has 3 heterocycles. The first-order chi connectivity index (χ1) is 17.5. The Balaban J connectivity index is 0.00000148. The molecule has 5 aromatic rings. The SMILES string of the molecule is C=C(C)c1c(Oc2ccc(C=O)cc2)nc2c(-c3ccc(-c4ccccc4)nc3)cnn2c1N.CO. The number of carbonyl (C=O) groups excluding carboxylic acids is 1. The summed E-state index contributed by atoms with van der Waals surface area (Å²) in [7, 11) is 1.00. The molecule has 0 bridgehead atoms. The van der Waals surface area contributed by atoms with Crippen molar-refractivity contribution >= 4 is 23.3 Å². The van der Waals surface area contributed by atoms with Gasteiger partial charge >= 0.3 is 0 Å². The van der Waals surface area contributed by atoms with Crippen molar-refractivity contribution in [2.45, 2.75) is 6.92 Å². The zero-order valence-electron chi connectivity index (χ0n) is 19.9. The van der Waals surface area contributed by atoms with Crippen LogP contribution < -0.4 is 10.5 Å². The van der Waals surface area contributed by atoms with Gasteiger partial charge in [0.1, 0.15) is 17.9 Å². The highest BCUT2D eigenvalue weighted by Gasteiger charge is 2.20. The summed E-state index contributed by atoms with van der Waals surface area (Å²) in [6.45, 7) is 5.86. The van der Waals surface area contributed by atoms with E-state index in [0.717, 1.165) is 35.8 Å². The number of carbonyl (C=O) groups is 1. The second kappa shape index (κ2) is 10.6. The Bertz CT molecular complexity index is 1510. The van der Waals surface area contributed by atoms with Crippen LogP contribution in [0.2, 0.25) is 0 Å². The highest BCUT2D eigenvalue weighted by atomic mass is 16.5. The van der Waals surface area contributed by atoms with Gasteiger partial charge in [0, 0.05) is 35.6 Å². The van der Waals surface area contributed by atoms with Gasteiger partial charge in [0.05, 0.1) is 17.5 Å². The summed E-state index contributed by atoms with van der Waals surface area (Å²) in [5.41, 5.74) is 12.4. The molecule has 0 saturated carbocycles. The molecule has 3 aromatic heterocycles. The van der Waals surface area contributed by atoms with Gasteiger partial charge in [-0.3, -0.25) is 9.78 Å². The summed E-state index contributed by atoms with van der Waals surface area (Å²) in [6, 6.07) is 20.7. The van der Waals surface area contributed by atoms with E-state index in [1.165, 1.54) is 0 Å². The average molecular weight is 480 g/mol. The number of benzene rings is 2. The maximum atomic E-state index is 11.0. The van der Waals surface area contributed by atoms with E-state index in [2.05, 4.69) is 16.7 Å². The van der Waals surface area contributed by atoms with Gasteiger partial charge in [0.25, 0.3) is 0 Å². The molecule has 0 aliphatic rings. The van der Waals surface area contributed by atoms with Crippen LogP contribution in [-0.4, -0.2) is 38.1 Å². The highest BCUT2D eigenvalue weighted by Crippen LogP contribution is 2.35. The average Bonchev–Trinajstić information content (AvgIpc) is 3.35. The molecule has 0 fully saturated rings. The standard InChI is InChI=1S/C27H21N5O2.CH4O/c1-17(2)24-25(28)32-26(31-27(24)34-21-11-8-18(16-33)9-12-21)22(15-30-32)20-10-13-23(29-14-20)19-6-4-3-5-7-19;1-2/h3-16H,1,28H2,2H3;2H,1H3. The number of rotatable bonds is 6. The van der Waals surface area contributed by atoms with Crippen LogP contribution >= 0.6 is 0 Å². The third kappa shape index (κ3) is 4.70. The van der Waals surface area contributed by atoms with Gasteiger partial charge < -0.3 is 15.6 Å². The van der Waals surface area contributed by atoms with Gasteiger partial charge in [0.2, 0.25) is 5.88 Å². The van der Waals surface area contributed by atoms with Gasteiger partial charge in [-0.05, 0) is 42.8 Å². The molecule has 0 radical (unpaired) electrons. The van der Waals surface area contributed by atoms with Gasteiger partial charge in [-0.25, -0.2) is 0 Å². The molecule has 5 rings (SSSR count). The van der Waals surface area contributed by atoms with E-state index in [0.29, 0.717) is 39.8 Å². The molecule has 0 amide bonds. The molecule has 36 heavy (non-hydrogen) atoms. The molecule has 8 nitrogen and oxygen atoms in total. The maximum Gasteiger partial charge on any atom is 0.232 e. The zero-order chi connectivity index (χ0) is 25.7. The summed E-state index contributed by atoms with van der Waals surface area (Å²) >= 11 is 0. The molecule has 180 valence electrons. The maximum absolute atomic E-state index is 11.0. The number of aldehydes is 1. The molecule has 0 aliphatic carbocycles. The van der Waals surface area contributed by atoms with Crippen molar-refractivity contribution in [3.8, 4) is 34.0 Å². The lowest BCUT2D eigenvalue weighted by Gasteiger charge is -2.14. The number of nitrogens with two attached hydrogens (primary N) is 1. The third-order valence-corrected chi connectivity index (χ3v) is 5.45. The molecule has 0 spiro atoms. The van der Waals surface area contributed by atoms with Crippen LogP contribution in [0, 0.1) is 0 Å². The number of anilines is 1. The van der Waals surface area contributed by atoms with Crippen molar-refractivity contribution in [1.82, 2.24) is 19.6 Å². The van der Waals surface area contributed by atoms with Crippen LogP contribution in [0.1, 0.15) is 22.8 Å². The van der Waals surface area contributed by atoms with Crippen molar-refractivity contribution in [2.24, 2.45) is 0 Å². The number of hydrogen-bond acceptors (Lipinski definition) is 7. The van der Waals surface area contributed by atoms with Crippen LogP contribution in [0.4, 0.5) is 5.82 Å². The molecule has 2 aromatic carbocycles. The lowest BCUT2D eigenvalue weighted by Crippen LogP contribution is -2.07. The Morgan fingerprint density at radius 2 is 1.72 bits per heavy atom. The smallest absolute Gasteiger partial charge is 0.232 e. The molecule has 0 unspecified atom stereocenters. The normalized spacial score (nSPS) is 10.4. The Labute approximate surface area is 208 Å². The molecule has 3 N–H and O–H groups in total. The number of nitrogens with zero attached hydrogens (tertiary/aromatic N) is 4. The number of aliphatic hydroxyl groups excluding tert-OH is 1. The largest absolute Gasteiger partial charge is 0.438 e. The number of aliphatic hydroxyl groups is 1. The number of hydrogen-bond donors (Lipinski definition) is 2. The van der Waals surface area contributed by atoms with E-state index in [1.54, 1.807) is 41.2 Å². The minimum atomic E-state index is 0.312. The predicted molar refractivity (Wildman–Crippen MR) is 141 cm³/mol. The summed E-state index contributed by atoms with van der Waals surface area (Å²) in [5, 5.41) is 11.5. The first-order valence-electron chi connectivity index (χ1n) is 11.1. The summed E-state index contributed by atoms with van der Waals surface area (Å²) < 4.78 is 7.65. The van der Waals surface area contributed by atoms with Crippen molar-refractivity contribution in [1.29, 1.82) is 0 Å². The van der Waals surface area contributed by atoms with Crippen LogP contribution in [-0.2, 0) is 0 Å². The van der Waals surface area contributed by atoms with Crippen LogP contribution in [0.15, 0.2) is 85.7 Å². The van der Waals surface area contributed by atoms with Gasteiger partial charge in [0.15, 0.2) is 5.65 Å². The first-order valence-corrected chi connectivity index (χ1v) is 11.1. The Morgan fingerprint density at radius 3 is 2.33 bits per heavy atom. The van der Waals surface area contributed by atoms with Crippen molar-refractivity contribution < 1.29 is 14.6 Å². The molecule has 8 heteroatoms. The van der Waals surface area contributed by atoms with E-state index < -0.39 is 0 Å². The fourth-order valence-corrected chi connectivity index (χ4v) is 3.73. The number of fused-ring (bicyclic) bond motifs is 1. The quantitative estimate of drug-likeness (QED) is 0.318. The molecular weight excluding hydrogens is 454 g/mol. The van der Waals surface area contributed by atoms with Crippen molar-refractivity contribution in [3.05, 3.63) is 96.8 Å². The van der Waals surface area contributed by atoms with Crippen molar-refractivity contribution in [3.63, 3.8) is 0 Å². The summed E-state index contributed by atoms with van der Waals surface area (Å²) in [5.74, 6) is 1.21. The summed E-state index contributed by atoms with van der Waals surface area (Å²) in [6.07, 6.45) is 4.28. The number of allylic oxidation sites excluding steroid dienone is 1. The zero-order valence-corrected chi connectivity index (χ0v) is 19.9. The van der Waals surface area contributed by atoms with Crippen LogP contribution in [0.25, 0.3) is 33.6 Å². The second-order valence-corrected chi connectivity index (χ2v) is 7.84. The van der Waals surface area contributed by atoms with Crippen LogP contribution in [0.3, 0.4) is 0 Å². The molecule has 0 saturated heterocycles. The lowest BCUT2D eigenvalue weighted by atomic mass is 10.1. The number of ether oxygens (including phenoxy) is 1. The Morgan fingerprint density at radius 1 is 1.00 bits per heavy atom. The monoisotopic (exact) mass is 479 g/mol. The molecular formula is C28H25N5O3. The van der Waals surface area contributed by atoms with Crippen molar-refractivity contribution in [2.75, 3.05) is 12.8 Å². The Hall–Kier alpha value is -4.82. The third-order valence-electron chi connectivity index (χ3n) is 5.45. The lowest BCUT2D eigenvalue weighted by molar-refractivity contribution is 0.112. The second-order valence-electron chi connectivity index (χ2n) is 7.84. The fourth-order valence-electron chi connectivity index (χ4n) is 3.73. The first kappa shape index (κ1) is 24.3. The highest BCUT2D eigenvalue weighted by molar-refractivity contribution is 5.83. The van der Waals surface area contributed by atoms with E-state index in [1.807, 2.05) is 49.4 Å². The van der Waals surface area contributed by atoms with Gasteiger partial charge in [-0.2, -0.15) is 14.6 Å². The van der Waals surface area contributed by atoms with E-state index in [4.69, 9.17) is 20.6 Å². The molecule has 0 aliphatic heterocycles.